The van der Waals surface area contributed by atoms with Gasteiger partial charge in [0, 0.05) is 43.6 Å². The SMILES string of the molecule is c1ccc2c(N3CCCCCC3)nc(N[C@@H]3CCN(C4CCCCC4)C3)nc2c1. The van der Waals surface area contributed by atoms with Crippen LogP contribution in [-0.4, -0.2) is 53.1 Å². The maximum Gasteiger partial charge on any atom is 0.225 e. The average Bonchev–Trinajstić information content (AvgIpc) is 3.06. The zero-order chi connectivity index (χ0) is 19.5. The largest absolute Gasteiger partial charge is 0.356 e. The van der Waals surface area contributed by atoms with Gasteiger partial charge in [0.2, 0.25) is 5.95 Å². The van der Waals surface area contributed by atoms with Gasteiger partial charge in [0.1, 0.15) is 5.82 Å². The Balaban J connectivity index is 1.35. The maximum absolute atomic E-state index is 5.05. The second-order valence-corrected chi connectivity index (χ2v) is 9.21. The summed E-state index contributed by atoms with van der Waals surface area (Å²) in [4.78, 5) is 15.1. The number of aromatic nitrogens is 2. The summed E-state index contributed by atoms with van der Waals surface area (Å²) in [7, 11) is 0. The summed E-state index contributed by atoms with van der Waals surface area (Å²) in [5.74, 6) is 1.94. The Kier molecular flexibility index (Phi) is 5.84. The molecule has 0 unspecified atom stereocenters. The van der Waals surface area contributed by atoms with E-state index in [1.54, 1.807) is 0 Å². The number of likely N-dealkylation sites (tertiary alicyclic amines) is 1. The molecule has 1 N–H and O–H groups in total. The zero-order valence-corrected chi connectivity index (χ0v) is 17.7. The molecule has 0 amide bonds. The van der Waals surface area contributed by atoms with Gasteiger partial charge in [0.05, 0.1) is 5.52 Å². The molecule has 5 heteroatoms. The number of rotatable bonds is 4. The molecule has 1 aromatic heterocycles. The van der Waals surface area contributed by atoms with Gasteiger partial charge in [-0.05, 0) is 44.2 Å². The van der Waals surface area contributed by atoms with Crippen molar-refractivity contribution in [1.29, 1.82) is 0 Å². The average molecular weight is 394 g/mol. The van der Waals surface area contributed by atoms with Crippen molar-refractivity contribution in [2.75, 3.05) is 36.4 Å². The van der Waals surface area contributed by atoms with Crippen molar-refractivity contribution < 1.29 is 0 Å². The summed E-state index contributed by atoms with van der Waals surface area (Å²) in [5, 5.41) is 4.90. The molecule has 2 saturated heterocycles. The van der Waals surface area contributed by atoms with Crippen LogP contribution in [0.4, 0.5) is 11.8 Å². The van der Waals surface area contributed by atoms with Crippen molar-refractivity contribution in [3.8, 4) is 0 Å². The minimum absolute atomic E-state index is 0.468. The van der Waals surface area contributed by atoms with Crippen molar-refractivity contribution in [3.05, 3.63) is 24.3 Å². The van der Waals surface area contributed by atoms with Crippen LogP contribution in [-0.2, 0) is 0 Å². The predicted octanol–water partition coefficient (Wildman–Crippen LogP) is 4.83. The summed E-state index contributed by atoms with van der Waals surface area (Å²) in [6.07, 6.45) is 13.4. The van der Waals surface area contributed by atoms with Crippen molar-refractivity contribution in [1.82, 2.24) is 14.9 Å². The van der Waals surface area contributed by atoms with Crippen LogP contribution in [0.2, 0.25) is 0 Å². The Morgan fingerprint density at radius 2 is 1.55 bits per heavy atom. The van der Waals surface area contributed by atoms with Gasteiger partial charge in [-0.2, -0.15) is 4.98 Å². The van der Waals surface area contributed by atoms with Crippen LogP contribution in [0.5, 0.6) is 0 Å². The zero-order valence-electron chi connectivity index (χ0n) is 17.7. The van der Waals surface area contributed by atoms with Gasteiger partial charge < -0.3 is 10.2 Å². The molecule has 3 fully saturated rings. The van der Waals surface area contributed by atoms with Gasteiger partial charge in [0.15, 0.2) is 0 Å². The smallest absolute Gasteiger partial charge is 0.225 e. The van der Waals surface area contributed by atoms with E-state index in [4.69, 9.17) is 9.97 Å². The number of para-hydroxylation sites is 1. The lowest BCUT2D eigenvalue weighted by Crippen LogP contribution is -2.36. The lowest BCUT2D eigenvalue weighted by atomic mass is 9.94. The third-order valence-corrected chi connectivity index (χ3v) is 7.13. The van der Waals surface area contributed by atoms with Gasteiger partial charge in [-0.25, -0.2) is 4.98 Å². The number of fused-ring (bicyclic) bond motifs is 1. The van der Waals surface area contributed by atoms with Crippen LogP contribution in [0.3, 0.4) is 0 Å². The van der Waals surface area contributed by atoms with E-state index in [0.717, 1.165) is 43.0 Å². The van der Waals surface area contributed by atoms with E-state index in [1.807, 2.05) is 0 Å². The van der Waals surface area contributed by atoms with E-state index in [9.17, 15) is 0 Å². The quantitative estimate of drug-likeness (QED) is 0.806. The van der Waals surface area contributed by atoms with E-state index in [1.165, 1.54) is 76.1 Å². The molecular formula is C24H35N5. The first kappa shape index (κ1) is 19.1. The second-order valence-electron chi connectivity index (χ2n) is 9.21. The standard InChI is InChI=1S/C24H35N5/c1-2-9-16-28(15-8-1)23-21-12-6-7-13-22(21)26-24(27-23)25-19-14-17-29(18-19)20-10-4-3-5-11-20/h6-7,12-13,19-20H,1-5,8-11,14-18H2,(H,25,26,27)/t19-/m1/s1. The Labute approximate surface area is 174 Å². The predicted molar refractivity (Wildman–Crippen MR) is 121 cm³/mol. The lowest BCUT2D eigenvalue weighted by molar-refractivity contribution is 0.190. The van der Waals surface area contributed by atoms with E-state index in [2.05, 4.69) is 39.4 Å². The highest BCUT2D eigenvalue weighted by Gasteiger charge is 2.29. The monoisotopic (exact) mass is 393 g/mol. The van der Waals surface area contributed by atoms with Gasteiger partial charge >= 0.3 is 0 Å². The highest BCUT2D eigenvalue weighted by atomic mass is 15.3. The van der Waals surface area contributed by atoms with Gasteiger partial charge in [-0.1, -0.05) is 44.2 Å². The Morgan fingerprint density at radius 3 is 2.38 bits per heavy atom. The number of hydrogen-bond acceptors (Lipinski definition) is 5. The molecule has 3 heterocycles. The van der Waals surface area contributed by atoms with Gasteiger partial charge in [-0.3, -0.25) is 4.90 Å². The molecule has 156 valence electrons. The van der Waals surface area contributed by atoms with E-state index in [-0.39, 0.29) is 0 Å². The first-order valence-corrected chi connectivity index (χ1v) is 11.9. The van der Waals surface area contributed by atoms with Crippen LogP contribution in [0.1, 0.15) is 64.2 Å². The number of benzene rings is 1. The first-order valence-electron chi connectivity index (χ1n) is 11.9. The third kappa shape index (κ3) is 4.35. The molecule has 0 spiro atoms. The molecule has 2 aromatic rings. The molecule has 5 rings (SSSR count). The first-order chi connectivity index (χ1) is 14.4. The van der Waals surface area contributed by atoms with Crippen LogP contribution < -0.4 is 10.2 Å². The minimum atomic E-state index is 0.468. The topological polar surface area (TPSA) is 44.3 Å². The fourth-order valence-corrected chi connectivity index (χ4v) is 5.51. The van der Waals surface area contributed by atoms with Crippen LogP contribution >= 0.6 is 0 Å². The van der Waals surface area contributed by atoms with Crippen molar-refractivity contribution in [2.24, 2.45) is 0 Å². The number of anilines is 2. The molecule has 29 heavy (non-hydrogen) atoms. The van der Waals surface area contributed by atoms with Crippen LogP contribution in [0.25, 0.3) is 10.9 Å². The second kappa shape index (κ2) is 8.86. The third-order valence-electron chi connectivity index (χ3n) is 7.13. The Bertz CT molecular complexity index is 808. The number of nitrogens with one attached hydrogen (secondary N) is 1. The molecular weight excluding hydrogens is 358 g/mol. The number of hydrogen-bond donors (Lipinski definition) is 1. The fourth-order valence-electron chi connectivity index (χ4n) is 5.51. The summed E-state index contributed by atoms with van der Waals surface area (Å²) in [6.45, 7) is 4.58. The molecule has 0 radical (unpaired) electrons. The van der Waals surface area contributed by atoms with Crippen molar-refractivity contribution in [3.63, 3.8) is 0 Å². The summed E-state index contributed by atoms with van der Waals surface area (Å²) in [6, 6.07) is 9.78. The van der Waals surface area contributed by atoms with Crippen LogP contribution in [0, 0.1) is 0 Å². The van der Waals surface area contributed by atoms with E-state index >= 15 is 0 Å². The summed E-state index contributed by atoms with van der Waals surface area (Å²) in [5.41, 5.74) is 1.06. The minimum Gasteiger partial charge on any atom is -0.356 e. The summed E-state index contributed by atoms with van der Waals surface area (Å²) >= 11 is 0. The maximum atomic E-state index is 5.05. The van der Waals surface area contributed by atoms with E-state index in [0.29, 0.717) is 6.04 Å². The number of nitrogens with zero attached hydrogens (tertiary/aromatic N) is 4. The normalized spacial score (nSPS) is 24.7. The van der Waals surface area contributed by atoms with Crippen molar-refractivity contribution >= 4 is 22.7 Å². The van der Waals surface area contributed by atoms with Gasteiger partial charge in [-0.15, -0.1) is 0 Å². The van der Waals surface area contributed by atoms with E-state index < -0.39 is 0 Å². The molecule has 1 aromatic carbocycles. The molecule has 1 atom stereocenters. The van der Waals surface area contributed by atoms with Gasteiger partial charge in [0.25, 0.3) is 0 Å². The fraction of sp³-hybridized carbons (Fsp3) is 0.667. The molecule has 3 aliphatic rings. The highest BCUT2D eigenvalue weighted by molar-refractivity contribution is 5.90. The molecule has 0 bridgehead atoms. The molecule has 1 aliphatic carbocycles. The molecule has 5 nitrogen and oxygen atoms in total. The Hall–Kier alpha value is -1.88. The Morgan fingerprint density at radius 1 is 0.793 bits per heavy atom. The summed E-state index contributed by atoms with van der Waals surface area (Å²) < 4.78 is 0. The van der Waals surface area contributed by atoms with Crippen molar-refractivity contribution in [2.45, 2.75) is 76.3 Å². The molecule has 2 aliphatic heterocycles. The highest BCUT2D eigenvalue weighted by Crippen LogP contribution is 2.29. The lowest BCUT2D eigenvalue weighted by Gasteiger charge is -2.31. The van der Waals surface area contributed by atoms with Crippen LogP contribution in [0.15, 0.2) is 24.3 Å². The molecule has 1 saturated carbocycles.